The molecule has 2 aliphatic heterocycles. The van der Waals surface area contributed by atoms with E-state index in [2.05, 4.69) is 73.0 Å². The molecule has 0 aromatic heterocycles. The lowest BCUT2D eigenvalue weighted by Crippen LogP contribution is -2.32. The maximum absolute atomic E-state index is 13.7. The van der Waals surface area contributed by atoms with Crippen molar-refractivity contribution in [2.45, 2.75) is 58.5 Å². The van der Waals surface area contributed by atoms with E-state index in [1.807, 2.05) is 20.2 Å². The zero-order chi connectivity index (χ0) is 26.3. The molecule has 0 spiro atoms. The Kier molecular flexibility index (Phi) is 6.65. The second-order valence-corrected chi connectivity index (χ2v) is 10.6. The molecule has 0 aliphatic carbocycles. The summed E-state index contributed by atoms with van der Waals surface area (Å²) in [6, 6.07) is 16.9. The lowest BCUT2D eigenvalue weighted by molar-refractivity contribution is 0.0249. The van der Waals surface area contributed by atoms with Crippen LogP contribution in [0.1, 0.15) is 76.8 Å². The SMILES string of the molecule is CCc1cc(C2(c3ccc(N(C)C)cc3)OC(=O)c3cc(N4CCCCC4)ccc32)c(C)c(CC)c1N. The molecule has 0 bridgehead atoms. The lowest BCUT2D eigenvalue weighted by Gasteiger charge is -2.34. The highest BCUT2D eigenvalue weighted by Crippen LogP contribution is 2.50. The number of nitrogens with zero attached hydrogens (tertiary/aromatic N) is 2. The summed E-state index contributed by atoms with van der Waals surface area (Å²) >= 11 is 0. The second kappa shape index (κ2) is 9.77. The molecule has 0 radical (unpaired) electrons. The van der Waals surface area contributed by atoms with Crippen molar-refractivity contribution in [1.29, 1.82) is 0 Å². The molecular weight excluding hydrogens is 458 g/mol. The quantitative estimate of drug-likeness (QED) is 0.324. The average molecular weight is 498 g/mol. The first kappa shape index (κ1) is 25.2. The van der Waals surface area contributed by atoms with Crippen molar-refractivity contribution in [1.82, 2.24) is 0 Å². The van der Waals surface area contributed by atoms with E-state index in [1.54, 1.807) is 0 Å². The van der Waals surface area contributed by atoms with Gasteiger partial charge in [0.15, 0.2) is 5.60 Å². The number of piperidine rings is 1. The molecule has 2 N–H and O–H groups in total. The fourth-order valence-corrected chi connectivity index (χ4v) is 6.20. The molecule has 1 saturated heterocycles. The van der Waals surface area contributed by atoms with Crippen molar-refractivity contribution in [2.24, 2.45) is 0 Å². The summed E-state index contributed by atoms with van der Waals surface area (Å²) in [5.41, 5.74) is 15.5. The summed E-state index contributed by atoms with van der Waals surface area (Å²) in [4.78, 5) is 18.1. The Morgan fingerprint density at radius 1 is 0.946 bits per heavy atom. The van der Waals surface area contributed by atoms with E-state index in [4.69, 9.17) is 10.5 Å². The van der Waals surface area contributed by atoms with Crippen molar-refractivity contribution < 1.29 is 9.53 Å². The van der Waals surface area contributed by atoms with Crippen LogP contribution in [0.25, 0.3) is 0 Å². The number of benzene rings is 3. The first-order chi connectivity index (χ1) is 17.8. The molecular formula is C32H39N3O2. The minimum Gasteiger partial charge on any atom is -0.441 e. The van der Waals surface area contributed by atoms with Crippen molar-refractivity contribution >= 4 is 23.0 Å². The van der Waals surface area contributed by atoms with Crippen LogP contribution in [0, 0.1) is 6.92 Å². The van der Waals surface area contributed by atoms with Gasteiger partial charge in [-0.3, -0.25) is 0 Å². The van der Waals surface area contributed by atoms with Crippen molar-refractivity contribution in [2.75, 3.05) is 42.7 Å². The second-order valence-electron chi connectivity index (χ2n) is 10.6. The summed E-state index contributed by atoms with van der Waals surface area (Å²) in [6.07, 6.45) is 5.28. The van der Waals surface area contributed by atoms with Crippen LogP contribution in [0.2, 0.25) is 0 Å². The molecule has 5 rings (SSSR count). The van der Waals surface area contributed by atoms with Crippen LogP contribution < -0.4 is 15.5 Å². The van der Waals surface area contributed by atoms with E-state index in [0.29, 0.717) is 5.56 Å². The highest BCUT2D eigenvalue weighted by Gasteiger charge is 2.50. The Balaban J connectivity index is 1.77. The molecule has 1 fully saturated rings. The number of hydrogen-bond donors (Lipinski definition) is 1. The number of carbonyl (C=O) groups excluding carboxylic acids is 1. The van der Waals surface area contributed by atoms with Crippen LogP contribution in [0.5, 0.6) is 0 Å². The van der Waals surface area contributed by atoms with Gasteiger partial charge in [0.05, 0.1) is 5.56 Å². The van der Waals surface area contributed by atoms with E-state index in [0.717, 1.165) is 76.4 Å². The number of nitrogens with two attached hydrogens (primary N) is 1. The highest BCUT2D eigenvalue weighted by atomic mass is 16.6. The average Bonchev–Trinajstić information content (AvgIpc) is 3.22. The maximum atomic E-state index is 13.7. The molecule has 1 atom stereocenters. The number of rotatable bonds is 6. The standard InChI is InChI=1S/C32H39N3O2/c1-6-22-19-29(21(3)26(7-2)30(22)33)32(23-11-13-24(14-12-23)34(4)5)28-16-15-25(20-27(28)31(36)37-32)35-17-9-8-10-18-35/h11-16,19-20H,6-10,17-18,33H2,1-5H3. The van der Waals surface area contributed by atoms with Crippen LogP contribution in [-0.2, 0) is 23.2 Å². The molecule has 0 amide bonds. The van der Waals surface area contributed by atoms with Gasteiger partial charge >= 0.3 is 5.97 Å². The predicted octanol–water partition coefficient (Wildman–Crippen LogP) is 6.22. The molecule has 5 nitrogen and oxygen atoms in total. The zero-order valence-corrected chi connectivity index (χ0v) is 22.9. The largest absolute Gasteiger partial charge is 0.441 e. The monoisotopic (exact) mass is 497 g/mol. The van der Waals surface area contributed by atoms with Gasteiger partial charge in [-0.25, -0.2) is 4.79 Å². The number of carbonyl (C=O) groups is 1. The number of ether oxygens (including phenoxy) is 1. The Morgan fingerprint density at radius 2 is 1.65 bits per heavy atom. The fraction of sp³-hybridized carbons (Fsp3) is 0.406. The van der Waals surface area contributed by atoms with Crippen molar-refractivity contribution in [3.05, 3.63) is 87.5 Å². The third-order valence-corrected chi connectivity index (χ3v) is 8.32. The van der Waals surface area contributed by atoms with Crippen LogP contribution in [0.15, 0.2) is 48.5 Å². The number of anilines is 3. The fourth-order valence-electron chi connectivity index (χ4n) is 6.20. The van der Waals surface area contributed by atoms with Gasteiger partial charge in [-0.2, -0.15) is 0 Å². The summed E-state index contributed by atoms with van der Waals surface area (Å²) < 4.78 is 6.54. The third kappa shape index (κ3) is 4.05. The number of esters is 1. The Hall–Kier alpha value is -3.47. The number of cyclic esters (lactones) is 1. The number of hydrogen-bond acceptors (Lipinski definition) is 5. The number of fused-ring (bicyclic) bond motifs is 1. The first-order valence-electron chi connectivity index (χ1n) is 13.6. The molecule has 5 heteroatoms. The number of nitrogen functional groups attached to an aromatic ring is 1. The van der Waals surface area contributed by atoms with Gasteiger partial charge in [0.25, 0.3) is 0 Å². The predicted molar refractivity (Wildman–Crippen MR) is 153 cm³/mol. The molecule has 3 aromatic rings. The topological polar surface area (TPSA) is 58.8 Å². The van der Waals surface area contributed by atoms with Crippen LogP contribution in [0.3, 0.4) is 0 Å². The summed E-state index contributed by atoms with van der Waals surface area (Å²) in [5, 5.41) is 0. The molecule has 194 valence electrons. The van der Waals surface area contributed by atoms with Crippen LogP contribution in [0.4, 0.5) is 17.1 Å². The molecule has 2 aliphatic rings. The molecule has 3 aromatic carbocycles. The van der Waals surface area contributed by atoms with Gasteiger partial charge in [0.2, 0.25) is 0 Å². The number of aryl methyl sites for hydroxylation is 1. The van der Waals surface area contributed by atoms with Gasteiger partial charge in [-0.1, -0.05) is 32.0 Å². The van der Waals surface area contributed by atoms with Crippen LogP contribution in [-0.4, -0.2) is 33.2 Å². The van der Waals surface area contributed by atoms with Gasteiger partial charge in [-0.15, -0.1) is 0 Å². The van der Waals surface area contributed by atoms with Gasteiger partial charge in [-0.05, 0) is 86.1 Å². The van der Waals surface area contributed by atoms with Crippen LogP contribution >= 0.6 is 0 Å². The summed E-state index contributed by atoms with van der Waals surface area (Å²) in [6.45, 7) is 8.44. The van der Waals surface area contributed by atoms with Gasteiger partial charge < -0.3 is 20.3 Å². The van der Waals surface area contributed by atoms with E-state index in [9.17, 15) is 4.79 Å². The van der Waals surface area contributed by atoms with E-state index >= 15 is 0 Å². The Morgan fingerprint density at radius 3 is 2.27 bits per heavy atom. The van der Waals surface area contributed by atoms with Gasteiger partial charge in [0.1, 0.15) is 0 Å². The Bertz CT molecular complexity index is 1320. The summed E-state index contributed by atoms with van der Waals surface area (Å²) in [7, 11) is 4.06. The van der Waals surface area contributed by atoms with E-state index in [-0.39, 0.29) is 5.97 Å². The zero-order valence-electron chi connectivity index (χ0n) is 22.9. The first-order valence-corrected chi connectivity index (χ1v) is 13.6. The van der Waals surface area contributed by atoms with E-state index in [1.165, 1.54) is 19.3 Å². The summed E-state index contributed by atoms with van der Waals surface area (Å²) in [5.74, 6) is -0.266. The highest BCUT2D eigenvalue weighted by molar-refractivity contribution is 5.97. The molecule has 37 heavy (non-hydrogen) atoms. The van der Waals surface area contributed by atoms with Crippen molar-refractivity contribution in [3.63, 3.8) is 0 Å². The van der Waals surface area contributed by atoms with Gasteiger partial charge in [0, 0.05) is 60.9 Å². The third-order valence-electron chi connectivity index (χ3n) is 8.32. The normalized spacial score (nSPS) is 19.1. The minimum atomic E-state index is -1.02. The molecule has 1 unspecified atom stereocenters. The molecule has 2 heterocycles. The Labute approximate surface area is 221 Å². The van der Waals surface area contributed by atoms with E-state index < -0.39 is 5.60 Å². The maximum Gasteiger partial charge on any atom is 0.340 e. The minimum absolute atomic E-state index is 0.266. The lowest BCUT2D eigenvalue weighted by atomic mass is 9.75. The molecule has 0 saturated carbocycles. The van der Waals surface area contributed by atoms with Crippen molar-refractivity contribution in [3.8, 4) is 0 Å². The smallest absolute Gasteiger partial charge is 0.340 e.